The molecule has 0 saturated carbocycles. The molecule has 0 aliphatic heterocycles. The number of ketones is 1. The molecule has 0 spiro atoms. The van der Waals surface area contributed by atoms with Gasteiger partial charge >= 0.3 is 0 Å². The predicted molar refractivity (Wildman–Crippen MR) is 129 cm³/mol. The summed E-state index contributed by atoms with van der Waals surface area (Å²) in [6.07, 6.45) is 1.51. The number of rotatable bonds is 5. The summed E-state index contributed by atoms with van der Waals surface area (Å²) in [5, 5.41) is 8.34. The summed E-state index contributed by atoms with van der Waals surface area (Å²) < 4.78 is 1.68. The number of aryl methyl sites for hydroxylation is 2. The van der Waals surface area contributed by atoms with Crippen molar-refractivity contribution in [3.63, 3.8) is 0 Å². The van der Waals surface area contributed by atoms with Crippen LogP contribution in [0.1, 0.15) is 31.3 Å². The number of amides is 1. The highest BCUT2D eigenvalue weighted by Gasteiger charge is 2.22. The van der Waals surface area contributed by atoms with Crippen molar-refractivity contribution in [2.75, 3.05) is 5.32 Å². The number of pyridine rings is 1. The van der Waals surface area contributed by atoms with E-state index in [-0.39, 0.29) is 11.7 Å². The molecule has 7 nitrogen and oxygen atoms in total. The van der Waals surface area contributed by atoms with Gasteiger partial charge in [0.25, 0.3) is 5.91 Å². The van der Waals surface area contributed by atoms with Crippen LogP contribution in [0.4, 0.5) is 5.13 Å². The lowest BCUT2D eigenvalue weighted by atomic mass is 10.1. The largest absolute Gasteiger partial charge is 0.298 e. The van der Waals surface area contributed by atoms with E-state index in [9.17, 15) is 9.59 Å². The van der Waals surface area contributed by atoms with Crippen LogP contribution < -0.4 is 5.32 Å². The van der Waals surface area contributed by atoms with Crippen LogP contribution in [-0.4, -0.2) is 31.4 Å². The monoisotopic (exact) mass is 453 g/mol. The van der Waals surface area contributed by atoms with Gasteiger partial charge in [0.2, 0.25) is 5.78 Å². The Balaban J connectivity index is 1.51. The first kappa shape index (κ1) is 20.7. The maximum absolute atomic E-state index is 13.2. The summed E-state index contributed by atoms with van der Waals surface area (Å²) >= 11 is 1.16. The molecule has 5 rings (SSSR count). The van der Waals surface area contributed by atoms with Crippen LogP contribution in [0, 0.1) is 6.92 Å². The molecule has 0 fully saturated rings. The molecule has 8 heteroatoms. The van der Waals surface area contributed by atoms with Gasteiger partial charge in [0.1, 0.15) is 4.88 Å². The van der Waals surface area contributed by atoms with Gasteiger partial charge in [-0.15, -0.1) is 0 Å². The molecule has 5 aromatic rings. The molecule has 0 unspecified atom stereocenters. The Kier molecular flexibility index (Phi) is 5.27. The van der Waals surface area contributed by atoms with Crippen LogP contribution in [0.5, 0.6) is 0 Å². The summed E-state index contributed by atoms with van der Waals surface area (Å²) in [5.74, 6) is -0.485. The zero-order valence-electron chi connectivity index (χ0n) is 17.9. The SMILES string of the molecule is Cc1nn(C)c2ncc(C(=O)Nc3nc(-c4ccccc4)c(C(=O)c4ccccc4)s3)cc12. The number of hydrogen-bond acceptors (Lipinski definition) is 6. The first-order chi connectivity index (χ1) is 16.0. The van der Waals surface area contributed by atoms with Crippen LogP contribution in [-0.2, 0) is 7.05 Å². The second kappa shape index (κ2) is 8.40. The second-order valence-corrected chi connectivity index (χ2v) is 8.52. The molecule has 3 heterocycles. The first-order valence-electron chi connectivity index (χ1n) is 10.3. The number of benzene rings is 2. The van der Waals surface area contributed by atoms with Crippen molar-refractivity contribution in [1.29, 1.82) is 0 Å². The molecule has 0 atom stereocenters. The van der Waals surface area contributed by atoms with Crippen LogP contribution in [0.15, 0.2) is 72.9 Å². The highest BCUT2D eigenvalue weighted by molar-refractivity contribution is 7.18. The number of nitrogens with one attached hydrogen (secondary N) is 1. The third-order valence-corrected chi connectivity index (χ3v) is 6.23. The standard InChI is InChI=1S/C25H19N5O2S/c1-15-19-13-18(14-26-23(19)30(2)29-15)24(32)28-25-27-20(16-9-5-3-6-10-16)22(33-25)21(31)17-11-7-4-8-12-17/h3-14H,1-2H3,(H,27,28,32). The molecule has 0 saturated heterocycles. The maximum Gasteiger partial charge on any atom is 0.259 e. The molecule has 0 aliphatic carbocycles. The minimum absolute atomic E-state index is 0.137. The van der Waals surface area contributed by atoms with E-state index in [2.05, 4.69) is 20.4 Å². The highest BCUT2D eigenvalue weighted by atomic mass is 32.1. The Hall–Kier alpha value is -4.17. The third kappa shape index (κ3) is 3.92. The summed E-state index contributed by atoms with van der Waals surface area (Å²) in [4.78, 5) is 35.7. The Bertz CT molecular complexity index is 1490. The highest BCUT2D eigenvalue weighted by Crippen LogP contribution is 2.33. The number of carbonyl (C=O) groups excluding carboxylic acids is 2. The van der Waals surface area contributed by atoms with Crippen LogP contribution in [0.2, 0.25) is 0 Å². The van der Waals surface area contributed by atoms with Crippen molar-refractivity contribution >= 4 is 39.2 Å². The zero-order chi connectivity index (χ0) is 22.9. The van der Waals surface area contributed by atoms with Gasteiger partial charge in [-0.1, -0.05) is 72.0 Å². The van der Waals surface area contributed by atoms with Gasteiger partial charge < -0.3 is 0 Å². The van der Waals surface area contributed by atoms with Crippen molar-refractivity contribution in [2.24, 2.45) is 7.05 Å². The summed E-state index contributed by atoms with van der Waals surface area (Å²) in [5.41, 5.74) is 3.82. The molecule has 0 aliphatic rings. The molecule has 2 aromatic carbocycles. The van der Waals surface area contributed by atoms with Crippen LogP contribution in [0.3, 0.4) is 0 Å². The van der Waals surface area contributed by atoms with E-state index in [1.54, 1.807) is 22.9 Å². The molecular formula is C25H19N5O2S. The number of aromatic nitrogens is 4. The fourth-order valence-corrected chi connectivity index (χ4v) is 4.59. The van der Waals surface area contributed by atoms with Gasteiger partial charge in [0.05, 0.1) is 17.0 Å². The number of hydrogen-bond donors (Lipinski definition) is 1. The molecular weight excluding hydrogens is 434 g/mol. The van der Waals surface area contributed by atoms with Gasteiger partial charge in [-0.3, -0.25) is 19.6 Å². The average Bonchev–Trinajstić information content (AvgIpc) is 3.40. The lowest BCUT2D eigenvalue weighted by Crippen LogP contribution is -2.12. The minimum Gasteiger partial charge on any atom is -0.298 e. The Morgan fingerprint density at radius 1 is 0.970 bits per heavy atom. The quantitative estimate of drug-likeness (QED) is 0.383. The number of anilines is 1. The van der Waals surface area contributed by atoms with Crippen molar-refractivity contribution < 1.29 is 9.59 Å². The van der Waals surface area contributed by atoms with Gasteiger partial charge in [-0.25, -0.2) is 9.97 Å². The number of thiazole rings is 1. The molecule has 1 amide bonds. The van der Waals surface area contributed by atoms with E-state index < -0.39 is 0 Å². The van der Waals surface area contributed by atoms with Crippen molar-refractivity contribution in [1.82, 2.24) is 19.7 Å². The maximum atomic E-state index is 13.2. The molecule has 33 heavy (non-hydrogen) atoms. The molecule has 162 valence electrons. The van der Waals surface area contributed by atoms with Gasteiger partial charge in [0.15, 0.2) is 10.8 Å². The fourth-order valence-electron chi connectivity index (χ4n) is 3.64. The summed E-state index contributed by atoms with van der Waals surface area (Å²) in [6.45, 7) is 1.88. The Morgan fingerprint density at radius 3 is 2.39 bits per heavy atom. The first-order valence-corrected chi connectivity index (χ1v) is 11.1. The van der Waals surface area contributed by atoms with E-state index >= 15 is 0 Å². The van der Waals surface area contributed by atoms with E-state index in [0.29, 0.717) is 32.5 Å². The van der Waals surface area contributed by atoms with Crippen LogP contribution in [0.25, 0.3) is 22.3 Å². The summed E-state index contributed by atoms with van der Waals surface area (Å²) in [7, 11) is 1.81. The molecule has 3 aromatic heterocycles. The van der Waals surface area contributed by atoms with Gasteiger partial charge in [0, 0.05) is 29.8 Å². The Morgan fingerprint density at radius 2 is 1.67 bits per heavy atom. The number of nitrogens with zero attached hydrogens (tertiary/aromatic N) is 4. The molecule has 0 bridgehead atoms. The minimum atomic E-state index is -0.347. The van der Waals surface area contributed by atoms with Crippen molar-refractivity contribution in [3.8, 4) is 11.3 Å². The number of carbonyl (C=O) groups is 2. The molecule has 1 N–H and O–H groups in total. The smallest absolute Gasteiger partial charge is 0.259 e. The van der Waals surface area contributed by atoms with Gasteiger partial charge in [-0.05, 0) is 13.0 Å². The average molecular weight is 454 g/mol. The predicted octanol–water partition coefficient (Wildman–Crippen LogP) is 4.88. The summed E-state index contributed by atoms with van der Waals surface area (Å²) in [6, 6.07) is 20.3. The van der Waals surface area contributed by atoms with E-state index in [1.807, 2.05) is 62.5 Å². The van der Waals surface area contributed by atoms with E-state index in [0.717, 1.165) is 28.0 Å². The lowest BCUT2D eigenvalue weighted by molar-refractivity contribution is 0.102. The van der Waals surface area contributed by atoms with E-state index in [4.69, 9.17) is 0 Å². The van der Waals surface area contributed by atoms with Crippen LogP contribution >= 0.6 is 11.3 Å². The second-order valence-electron chi connectivity index (χ2n) is 7.52. The van der Waals surface area contributed by atoms with E-state index in [1.165, 1.54) is 6.20 Å². The Labute approximate surface area is 193 Å². The topological polar surface area (TPSA) is 89.8 Å². The lowest BCUT2D eigenvalue weighted by Gasteiger charge is -2.02. The van der Waals surface area contributed by atoms with Crippen molar-refractivity contribution in [2.45, 2.75) is 6.92 Å². The zero-order valence-corrected chi connectivity index (χ0v) is 18.8. The third-order valence-electron chi connectivity index (χ3n) is 5.26. The normalized spacial score (nSPS) is 11.0. The molecule has 0 radical (unpaired) electrons. The van der Waals surface area contributed by atoms with Gasteiger partial charge in [-0.2, -0.15) is 5.10 Å². The van der Waals surface area contributed by atoms with Crippen molar-refractivity contribution in [3.05, 3.63) is 94.6 Å². The number of fused-ring (bicyclic) bond motifs is 1. The fraction of sp³-hybridized carbons (Fsp3) is 0.0800.